The lowest BCUT2D eigenvalue weighted by Crippen LogP contribution is -2.54. The molecule has 0 bridgehead atoms. The van der Waals surface area contributed by atoms with Crippen LogP contribution in [0.25, 0.3) is 11.2 Å². The molecule has 10 nitrogen and oxygen atoms in total. The lowest BCUT2D eigenvalue weighted by molar-refractivity contribution is -0.0544. The Morgan fingerprint density at radius 2 is 1.97 bits per heavy atom. The molecule has 4 atom stereocenters. The fourth-order valence-electron chi connectivity index (χ4n) is 5.63. The highest BCUT2D eigenvalue weighted by atomic mass is 16.6. The molecule has 4 N–H and O–H groups in total. The van der Waals surface area contributed by atoms with E-state index in [1.807, 2.05) is 0 Å². The maximum atomic E-state index is 10.8. The minimum Gasteiger partial charge on any atom is -0.387 e. The molecule has 2 aromatic heterocycles. The molecule has 0 radical (unpaired) electrons. The van der Waals surface area contributed by atoms with Crippen molar-refractivity contribution in [1.29, 1.82) is 0 Å². The van der Waals surface area contributed by atoms with Gasteiger partial charge >= 0.3 is 0 Å². The molecule has 3 saturated heterocycles. The summed E-state index contributed by atoms with van der Waals surface area (Å²) in [6.07, 6.45) is 6.87. The molecule has 10 heteroatoms. The second-order valence-corrected chi connectivity index (χ2v) is 9.54. The van der Waals surface area contributed by atoms with Gasteiger partial charge in [0.1, 0.15) is 24.6 Å². The van der Waals surface area contributed by atoms with Crippen LogP contribution in [0.15, 0.2) is 12.7 Å². The van der Waals surface area contributed by atoms with Gasteiger partial charge in [0.25, 0.3) is 0 Å². The van der Waals surface area contributed by atoms with Crippen molar-refractivity contribution >= 4 is 17.0 Å². The van der Waals surface area contributed by atoms with Gasteiger partial charge in [0, 0.05) is 18.1 Å². The second-order valence-electron chi connectivity index (χ2n) is 9.54. The highest BCUT2D eigenvalue weighted by Crippen LogP contribution is 2.39. The normalized spacial score (nSPS) is 33.5. The van der Waals surface area contributed by atoms with E-state index in [1.165, 1.54) is 19.2 Å². The Balaban J connectivity index is 1.22. The van der Waals surface area contributed by atoms with E-state index in [2.05, 4.69) is 30.5 Å². The summed E-state index contributed by atoms with van der Waals surface area (Å²) in [5.74, 6) is 0.709. The molecule has 2 aromatic rings. The molecule has 1 saturated carbocycles. The molecule has 1 spiro atoms. The average Bonchev–Trinajstić information content (AvgIpc) is 3.27. The van der Waals surface area contributed by atoms with Gasteiger partial charge in [-0.1, -0.05) is 0 Å². The Hall–Kier alpha value is -1.85. The second kappa shape index (κ2) is 7.63. The van der Waals surface area contributed by atoms with Gasteiger partial charge in [-0.2, -0.15) is 0 Å². The summed E-state index contributed by atoms with van der Waals surface area (Å²) in [4.78, 5) is 15.7. The van der Waals surface area contributed by atoms with Crippen molar-refractivity contribution in [3.63, 3.8) is 0 Å². The van der Waals surface area contributed by atoms with Crippen molar-refractivity contribution in [3.05, 3.63) is 12.7 Å². The summed E-state index contributed by atoms with van der Waals surface area (Å²) in [7, 11) is 0. The first-order chi connectivity index (χ1) is 15.1. The number of nitrogens with zero attached hydrogens (tertiary/aromatic N) is 5. The van der Waals surface area contributed by atoms with Crippen LogP contribution in [0.5, 0.6) is 0 Å². The van der Waals surface area contributed by atoms with Crippen LogP contribution >= 0.6 is 0 Å². The summed E-state index contributed by atoms with van der Waals surface area (Å²) in [5, 5.41) is 28.5. The molecule has 6 rings (SSSR count). The first-order valence-electron chi connectivity index (χ1n) is 11.6. The molecule has 4 fully saturated rings. The first kappa shape index (κ1) is 19.8. The third-order valence-electron chi connectivity index (χ3n) is 7.56. The van der Waals surface area contributed by atoms with E-state index < -0.39 is 24.5 Å². The lowest BCUT2D eigenvalue weighted by atomic mass is 9.85. The van der Waals surface area contributed by atoms with Gasteiger partial charge in [-0.3, -0.25) is 9.47 Å². The van der Waals surface area contributed by atoms with Crippen LogP contribution in [0.4, 0.5) is 5.82 Å². The number of anilines is 1. The van der Waals surface area contributed by atoms with E-state index >= 15 is 0 Å². The quantitative estimate of drug-likeness (QED) is 0.530. The number of hydrogen-bond acceptors (Lipinski definition) is 9. The van der Waals surface area contributed by atoms with Gasteiger partial charge in [-0.15, -0.1) is 0 Å². The van der Waals surface area contributed by atoms with E-state index in [4.69, 9.17) is 4.74 Å². The van der Waals surface area contributed by atoms with Crippen LogP contribution in [0, 0.1) is 0 Å². The third-order valence-corrected chi connectivity index (χ3v) is 7.56. The summed E-state index contributed by atoms with van der Waals surface area (Å²) >= 11 is 0. The van der Waals surface area contributed by atoms with Crippen LogP contribution in [-0.4, -0.2) is 90.7 Å². The molecule has 168 valence electrons. The van der Waals surface area contributed by atoms with Crippen LogP contribution in [0.1, 0.15) is 44.8 Å². The van der Waals surface area contributed by atoms with E-state index in [1.54, 1.807) is 10.9 Å². The molecule has 0 unspecified atom stereocenters. The van der Waals surface area contributed by atoms with E-state index in [0.29, 0.717) is 29.6 Å². The molecule has 31 heavy (non-hydrogen) atoms. The molecule has 5 heterocycles. The fraction of sp³-hybridized carbons (Fsp3) is 0.762. The predicted molar refractivity (Wildman–Crippen MR) is 114 cm³/mol. The highest BCUT2D eigenvalue weighted by molar-refractivity contribution is 5.83. The Kier molecular flexibility index (Phi) is 4.87. The third kappa shape index (κ3) is 3.41. The summed E-state index contributed by atoms with van der Waals surface area (Å²) in [6.45, 7) is 3.72. The first-order valence-corrected chi connectivity index (χ1v) is 11.6. The fourth-order valence-corrected chi connectivity index (χ4v) is 5.63. The molecule has 1 aliphatic carbocycles. The zero-order valence-electron chi connectivity index (χ0n) is 17.7. The predicted octanol–water partition coefficient (Wildman–Crippen LogP) is 0.238. The van der Waals surface area contributed by atoms with E-state index in [-0.39, 0.29) is 5.54 Å². The van der Waals surface area contributed by atoms with Crippen molar-refractivity contribution < 1.29 is 14.9 Å². The number of ether oxygens (including phenoxy) is 1. The van der Waals surface area contributed by atoms with Gasteiger partial charge in [-0.25, -0.2) is 15.0 Å². The Morgan fingerprint density at radius 3 is 2.77 bits per heavy atom. The largest absolute Gasteiger partial charge is 0.387 e. The van der Waals surface area contributed by atoms with Crippen molar-refractivity contribution in [1.82, 2.24) is 29.7 Å². The summed E-state index contributed by atoms with van der Waals surface area (Å²) < 4.78 is 7.98. The number of rotatable bonds is 5. The maximum absolute atomic E-state index is 10.8. The van der Waals surface area contributed by atoms with Crippen LogP contribution < -0.4 is 10.6 Å². The molecule has 4 aliphatic rings. The monoisotopic (exact) mass is 429 g/mol. The number of fused-ring (bicyclic) bond motifs is 1. The van der Waals surface area contributed by atoms with Gasteiger partial charge in [0.2, 0.25) is 0 Å². The van der Waals surface area contributed by atoms with Gasteiger partial charge < -0.3 is 25.6 Å². The summed E-state index contributed by atoms with van der Waals surface area (Å²) in [5.41, 5.74) is 1.47. The smallest absolute Gasteiger partial charge is 0.167 e. The summed E-state index contributed by atoms with van der Waals surface area (Å²) in [6, 6.07) is 0.450. The van der Waals surface area contributed by atoms with Crippen molar-refractivity contribution in [2.45, 2.75) is 74.6 Å². The zero-order valence-corrected chi connectivity index (χ0v) is 17.7. The molecule has 0 amide bonds. The molecular formula is C21H31N7O3. The minimum absolute atomic E-state index is 0.204. The van der Waals surface area contributed by atoms with Crippen molar-refractivity contribution in [2.24, 2.45) is 0 Å². The van der Waals surface area contributed by atoms with Crippen LogP contribution in [0.2, 0.25) is 0 Å². The highest BCUT2D eigenvalue weighted by Gasteiger charge is 2.48. The standard InChI is InChI=1S/C21H31N7O3/c29-16-14(10-27-9-1-4-21(27)5-7-22-8-6-21)31-20(17(16)30)28-12-25-15-18(26-13-2-3-13)23-11-24-19(15)28/h11-14,16-17,20,22,29-30H,1-10H2,(H,23,24,26)/t14-,16-,17-,20-/m1/s1. The Bertz CT molecular complexity index is 942. The molecule has 0 aromatic carbocycles. The van der Waals surface area contributed by atoms with Crippen LogP contribution in [-0.2, 0) is 4.74 Å². The number of likely N-dealkylation sites (tertiary alicyclic amines) is 1. The number of aromatic nitrogens is 4. The molecular weight excluding hydrogens is 398 g/mol. The Labute approximate surface area is 181 Å². The minimum atomic E-state index is -1.04. The van der Waals surface area contributed by atoms with Gasteiger partial charge in [0.05, 0.1) is 6.33 Å². The molecule has 3 aliphatic heterocycles. The topological polar surface area (TPSA) is 121 Å². The van der Waals surface area contributed by atoms with Gasteiger partial charge in [0.15, 0.2) is 23.2 Å². The number of imidazole rings is 1. The number of aliphatic hydroxyl groups excluding tert-OH is 2. The number of hydrogen-bond donors (Lipinski definition) is 4. The SMILES string of the molecule is O[C@@H]1[C@H](O)[C@@H](CN2CCCC23CCNCC3)O[C@H]1n1cnc2c(NC3CC3)ncnc21. The number of piperidine rings is 1. The van der Waals surface area contributed by atoms with E-state index in [9.17, 15) is 10.2 Å². The number of nitrogens with one attached hydrogen (secondary N) is 2. The van der Waals surface area contributed by atoms with Gasteiger partial charge in [-0.05, 0) is 58.2 Å². The Morgan fingerprint density at radius 1 is 1.13 bits per heavy atom. The average molecular weight is 430 g/mol. The van der Waals surface area contributed by atoms with Crippen molar-refractivity contribution in [2.75, 3.05) is 31.5 Å². The maximum Gasteiger partial charge on any atom is 0.167 e. The van der Waals surface area contributed by atoms with Crippen LogP contribution in [0.3, 0.4) is 0 Å². The number of aliphatic hydroxyl groups is 2. The van der Waals surface area contributed by atoms with Crippen molar-refractivity contribution in [3.8, 4) is 0 Å². The zero-order chi connectivity index (χ0) is 21.0. The lowest BCUT2D eigenvalue weighted by Gasteiger charge is -2.43. The van der Waals surface area contributed by atoms with E-state index in [0.717, 1.165) is 45.3 Å².